The van der Waals surface area contributed by atoms with Gasteiger partial charge in [-0.1, -0.05) is 233 Å². The molecule has 6 heteroatoms. The summed E-state index contributed by atoms with van der Waals surface area (Å²) < 4.78 is 16.7. The molecular formula is C49H94O6. The number of hydrogen-bond acceptors (Lipinski definition) is 6. The molecule has 0 aromatic rings. The molecule has 0 heterocycles. The summed E-state index contributed by atoms with van der Waals surface area (Å²) in [7, 11) is 0. The highest BCUT2D eigenvalue weighted by Crippen LogP contribution is 2.17. The first-order valence-electron chi connectivity index (χ1n) is 24.4. The number of esters is 3. The lowest BCUT2D eigenvalue weighted by atomic mass is 10.00. The van der Waals surface area contributed by atoms with Gasteiger partial charge in [-0.25, -0.2) is 0 Å². The van der Waals surface area contributed by atoms with Gasteiger partial charge in [0, 0.05) is 19.3 Å². The zero-order valence-corrected chi connectivity index (χ0v) is 37.4. The maximum absolute atomic E-state index is 12.7. The Hall–Kier alpha value is -1.59. The fraction of sp³-hybridized carbons (Fsp3) is 0.939. The van der Waals surface area contributed by atoms with Crippen molar-refractivity contribution in [2.45, 2.75) is 278 Å². The summed E-state index contributed by atoms with van der Waals surface area (Å²) >= 11 is 0. The Balaban J connectivity index is 4.28. The molecule has 2 atom stereocenters. The highest BCUT2D eigenvalue weighted by molar-refractivity contribution is 5.71. The van der Waals surface area contributed by atoms with Gasteiger partial charge in [0.15, 0.2) is 6.10 Å². The van der Waals surface area contributed by atoms with E-state index in [-0.39, 0.29) is 31.1 Å². The number of hydrogen-bond donors (Lipinski definition) is 0. The van der Waals surface area contributed by atoms with Crippen molar-refractivity contribution >= 4 is 17.9 Å². The molecular weight excluding hydrogens is 685 g/mol. The highest BCUT2D eigenvalue weighted by Gasteiger charge is 2.19. The first-order chi connectivity index (χ1) is 26.9. The number of ether oxygens (including phenoxy) is 3. The third kappa shape index (κ3) is 41.9. The molecule has 55 heavy (non-hydrogen) atoms. The molecule has 0 spiro atoms. The standard InChI is InChI=1S/C49H94O6/c1-5-8-10-12-14-16-18-19-20-21-22-23-24-26-28-34-38-42-49(52)55-46(43-53-47(50)40-36-32-27-25-17-15-13-11-9-6-2)44-54-48(51)41-37-33-30-29-31-35-39-45(4)7-3/h45-46H,5-44H2,1-4H3/t45?,46-/m1/s1. The number of carbonyl (C=O) groups is 3. The number of unbranched alkanes of at least 4 members (excludes halogenated alkanes) is 30. The monoisotopic (exact) mass is 779 g/mol. The van der Waals surface area contributed by atoms with Crippen LogP contribution in [0.25, 0.3) is 0 Å². The van der Waals surface area contributed by atoms with Crippen LogP contribution in [-0.4, -0.2) is 37.2 Å². The molecule has 0 bridgehead atoms. The van der Waals surface area contributed by atoms with Crippen LogP contribution in [0, 0.1) is 5.92 Å². The summed E-state index contributed by atoms with van der Waals surface area (Å²) in [5.41, 5.74) is 0. The second kappa shape index (κ2) is 43.5. The molecule has 0 aliphatic carbocycles. The van der Waals surface area contributed by atoms with Crippen LogP contribution in [0.3, 0.4) is 0 Å². The van der Waals surface area contributed by atoms with Crippen LogP contribution < -0.4 is 0 Å². The first-order valence-corrected chi connectivity index (χ1v) is 24.4. The number of carbonyl (C=O) groups excluding carboxylic acids is 3. The largest absolute Gasteiger partial charge is 0.462 e. The first kappa shape index (κ1) is 53.4. The molecule has 0 aliphatic rings. The van der Waals surface area contributed by atoms with Gasteiger partial charge in [0.05, 0.1) is 0 Å². The van der Waals surface area contributed by atoms with Gasteiger partial charge in [-0.2, -0.15) is 0 Å². The SMILES string of the molecule is CCCCCCCCCCCCCCCCCCCC(=O)O[C@H](COC(=O)CCCCCCCCCCCC)COC(=O)CCCCCCCCC(C)CC. The van der Waals surface area contributed by atoms with Crippen molar-refractivity contribution in [2.75, 3.05) is 13.2 Å². The van der Waals surface area contributed by atoms with Crippen LogP contribution in [-0.2, 0) is 28.6 Å². The van der Waals surface area contributed by atoms with Crippen LogP contribution in [0.4, 0.5) is 0 Å². The Morgan fingerprint density at radius 1 is 0.364 bits per heavy atom. The maximum atomic E-state index is 12.7. The second-order valence-corrected chi connectivity index (χ2v) is 17.0. The summed E-state index contributed by atoms with van der Waals surface area (Å²) in [5.74, 6) is -0.0393. The second-order valence-electron chi connectivity index (χ2n) is 17.0. The Morgan fingerprint density at radius 3 is 0.945 bits per heavy atom. The van der Waals surface area contributed by atoms with Gasteiger partial charge in [-0.15, -0.1) is 0 Å². The van der Waals surface area contributed by atoms with Gasteiger partial charge in [0.2, 0.25) is 0 Å². The lowest BCUT2D eigenvalue weighted by Gasteiger charge is -2.18. The molecule has 0 saturated heterocycles. The lowest BCUT2D eigenvalue weighted by Crippen LogP contribution is -2.30. The Labute approximate surface area is 342 Å². The smallest absolute Gasteiger partial charge is 0.306 e. The molecule has 6 nitrogen and oxygen atoms in total. The molecule has 0 saturated carbocycles. The van der Waals surface area contributed by atoms with E-state index in [0.717, 1.165) is 63.7 Å². The molecule has 0 aromatic heterocycles. The van der Waals surface area contributed by atoms with E-state index in [9.17, 15) is 14.4 Å². The van der Waals surface area contributed by atoms with Crippen LogP contribution >= 0.6 is 0 Å². The van der Waals surface area contributed by atoms with Gasteiger partial charge < -0.3 is 14.2 Å². The van der Waals surface area contributed by atoms with Crippen molar-refractivity contribution in [1.29, 1.82) is 0 Å². The number of rotatable bonds is 44. The van der Waals surface area contributed by atoms with E-state index in [2.05, 4.69) is 27.7 Å². The van der Waals surface area contributed by atoms with E-state index < -0.39 is 6.10 Å². The van der Waals surface area contributed by atoms with E-state index in [0.29, 0.717) is 19.3 Å². The molecule has 0 aromatic carbocycles. The minimum atomic E-state index is -0.760. The third-order valence-electron chi connectivity index (χ3n) is 11.4. The van der Waals surface area contributed by atoms with Crippen LogP contribution in [0.1, 0.15) is 272 Å². The molecule has 0 rings (SSSR count). The van der Waals surface area contributed by atoms with Crippen molar-refractivity contribution in [3.8, 4) is 0 Å². The molecule has 326 valence electrons. The summed E-state index contributed by atoms with van der Waals surface area (Å²) in [5, 5.41) is 0. The average Bonchev–Trinajstić information content (AvgIpc) is 3.18. The zero-order valence-electron chi connectivity index (χ0n) is 37.4. The van der Waals surface area contributed by atoms with Crippen molar-refractivity contribution < 1.29 is 28.6 Å². The highest BCUT2D eigenvalue weighted by atomic mass is 16.6. The van der Waals surface area contributed by atoms with E-state index in [1.54, 1.807) is 0 Å². The third-order valence-corrected chi connectivity index (χ3v) is 11.4. The van der Waals surface area contributed by atoms with Crippen molar-refractivity contribution in [3.05, 3.63) is 0 Å². The normalized spacial score (nSPS) is 12.4. The zero-order chi connectivity index (χ0) is 40.3. The van der Waals surface area contributed by atoms with Crippen molar-refractivity contribution in [1.82, 2.24) is 0 Å². The van der Waals surface area contributed by atoms with Gasteiger partial charge >= 0.3 is 17.9 Å². The van der Waals surface area contributed by atoms with Crippen LogP contribution in [0.5, 0.6) is 0 Å². The average molecular weight is 779 g/mol. The predicted molar refractivity (Wildman–Crippen MR) is 233 cm³/mol. The predicted octanol–water partition coefficient (Wildman–Crippen LogP) is 15.5. The Morgan fingerprint density at radius 2 is 0.636 bits per heavy atom. The van der Waals surface area contributed by atoms with Gasteiger partial charge in [0.1, 0.15) is 13.2 Å². The molecule has 0 aliphatic heterocycles. The summed E-state index contributed by atoms with van der Waals surface area (Å²) in [6.07, 6.45) is 43.7. The molecule has 0 fully saturated rings. The van der Waals surface area contributed by atoms with Gasteiger partial charge in [-0.3, -0.25) is 14.4 Å². The Kier molecular flexibility index (Phi) is 42.3. The minimum absolute atomic E-state index is 0.0642. The van der Waals surface area contributed by atoms with E-state index in [1.807, 2.05) is 0 Å². The summed E-state index contributed by atoms with van der Waals surface area (Å²) in [4.78, 5) is 37.7. The summed E-state index contributed by atoms with van der Waals surface area (Å²) in [6, 6.07) is 0. The summed E-state index contributed by atoms with van der Waals surface area (Å²) in [6.45, 7) is 8.97. The molecule has 1 unspecified atom stereocenters. The fourth-order valence-electron chi connectivity index (χ4n) is 7.30. The maximum Gasteiger partial charge on any atom is 0.306 e. The lowest BCUT2D eigenvalue weighted by molar-refractivity contribution is -0.167. The molecule has 0 N–H and O–H groups in total. The topological polar surface area (TPSA) is 78.9 Å². The van der Waals surface area contributed by atoms with E-state index >= 15 is 0 Å². The van der Waals surface area contributed by atoms with Crippen molar-refractivity contribution in [3.63, 3.8) is 0 Å². The minimum Gasteiger partial charge on any atom is -0.462 e. The van der Waals surface area contributed by atoms with E-state index in [1.165, 1.54) is 167 Å². The van der Waals surface area contributed by atoms with Crippen LogP contribution in [0.15, 0.2) is 0 Å². The molecule has 0 radical (unpaired) electrons. The quantitative estimate of drug-likeness (QED) is 0.0348. The van der Waals surface area contributed by atoms with E-state index in [4.69, 9.17) is 14.2 Å². The molecule has 0 amide bonds. The van der Waals surface area contributed by atoms with Gasteiger partial charge in [0.25, 0.3) is 0 Å². The van der Waals surface area contributed by atoms with Gasteiger partial charge in [-0.05, 0) is 25.2 Å². The van der Waals surface area contributed by atoms with Crippen molar-refractivity contribution in [2.24, 2.45) is 5.92 Å². The van der Waals surface area contributed by atoms with Crippen LogP contribution in [0.2, 0.25) is 0 Å². The fourth-order valence-corrected chi connectivity index (χ4v) is 7.30. The Bertz CT molecular complexity index is 828.